The van der Waals surface area contributed by atoms with E-state index in [1.54, 1.807) is 0 Å². The van der Waals surface area contributed by atoms with Gasteiger partial charge in [0.05, 0.1) is 12.4 Å². The van der Waals surface area contributed by atoms with E-state index >= 15 is 0 Å². The summed E-state index contributed by atoms with van der Waals surface area (Å²) in [6.45, 7) is -1.12. The van der Waals surface area contributed by atoms with E-state index < -0.39 is 68.6 Å². The van der Waals surface area contributed by atoms with Crippen LogP contribution >= 0.6 is 0 Å². The average Bonchev–Trinajstić information content (AvgIpc) is 2.35. The minimum Gasteiger partial charge on any atom is -0.251 e. The molecule has 0 aliphatic rings. The van der Waals surface area contributed by atoms with Crippen LogP contribution in [0.2, 0.25) is 0 Å². The molecule has 0 aliphatic carbocycles. The van der Waals surface area contributed by atoms with Crippen LogP contribution in [0.25, 0.3) is 0 Å². The van der Waals surface area contributed by atoms with Crippen LogP contribution in [-0.2, 0) is 20.0 Å². The van der Waals surface area contributed by atoms with Gasteiger partial charge in [-0.3, -0.25) is 4.39 Å². The van der Waals surface area contributed by atoms with Crippen LogP contribution in [0, 0.1) is 0 Å². The third kappa shape index (κ3) is 4.66. The zero-order valence-electron chi connectivity index (χ0n) is 11.6. The van der Waals surface area contributed by atoms with Gasteiger partial charge in [-0.1, -0.05) is 0 Å². The molecule has 25 heavy (non-hydrogen) atoms. The Bertz CT molecular complexity index is 670. The molecule has 0 amide bonds. The molecule has 17 heteroatoms. The van der Waals surface area contributed by atoms with Gasteiger partial charge in [0.25, 0.3) is 10.0 Å². The molecule has 152 valence electrons. The second-order valence-corrected chi connectivity index (χ2v) is 8.29. The van der Waals surface area contributed by atoms with E-state index in [4.69, 9.17) is 0 Å². The Morgan fingerprint density at radius 2 is 1.16 bits per heavy atom. The number of rotatable bonds is 9. The minimum absolute atomic E-state index is 0.0472. The summed E-state index contributed by atoms with van der Waals surface area (Å²) in [6, 6.07) is 0. The summed E-state index contributed by atoms with van der Waals surface area (Å²) < 4.78 is 169. The number of sulfonamides is 2. The molecule has 0 radical (unpaired) electrons. The van der Waals surface area contributed by atoms with E-state index in [1.807, 2.05) is 0 Å². The lowest BCUT2D eigenvalue weighted by molar-refractivity contribution is -0.382. The summed E-state index contributed by atoms with van der Waals surface area (Å²) in [7, 11) is -12.6. The van der Waals surface area contributed by atoms with Gasteiger partial charge in [0.1, 0.15) is 0 Å². The monoisotopic (exact) mass is 437 g/mol. The van der Waals surface area contributed by atoms with Crippen molar-refractivity contribution in [2.45, 2.75) is 36.1 Å². The van der Waals surface area contributed by atoms with Crippen molar-refractivity contribution in [3.8, 4) is 0 Å². The second kappa shape index (κ2) is 7.05. The predicted octanol–water partition coefficient (Wildman–Crippen LogP) is 2.41. The highest BCUT2D eigenvalue weighted by molar-refractivity contribution is 8.05. The number of unbranched alkanes of at least 4 members (excludes halogenated alkanes) is 1. The van der Waals surface area contributed by atoms with Gasteiger partial charge in [0.2, 0.25) is 10.0 Å². The van der Waals surface area contributed by atoms with Crippen molar-refractivity contribution in [3.63, 3.8) is 0 Å². The van der Waals surface area contributed by atoms with Crippen molar-refractivity contribution in [1.29, 1.82) is 0 Å². The van der Waals surface area contributed by atoms with Gasteiger partial charge in [-0.2, -0.15) is 39.5 Å². The first-order chi connectivity index (χ1) is 10.8. The van der Waals surface area contributed by atoms with Gasteiger partial charge in [0.15, 0.2) is 0 Å². The Kier molecular flexibility index (Phi) is 6.81. The standard InChI is InChI=1S/C8H9F10NO4S2/c9-3-1-2-4-24(20,21)19-25(22,23)8(17,18)6(12,13)5(10,11)7(14,15)16/h19H,1-4H2. The maximum absolute atomic E-state index is 13.2. The Morgan fingerprint density at radius 1 is 0.720 bits per heavy atom. The molecule has 0 aromatic rings. The summed E-state index contributed by atoms with van der Waals surface area (Å²) >= 11 is 0. The number of halogens is 10. The van der Waals surface area contributed by atoms with Gasteiger partial charge in [-0.05, 0) is 12.8 Å². The Labute approximate surface area is 134 Å². The van der Waals surface area contributed by atoms with Crippen molar-refractivity contribution in [2.75, 3.05) is 12.4 Å². The topological polar surface area (TPSA) is 80.3 Å². The lowest BCUT2D eigenvalue weighted by atomic mass is 10.1. The summed E-state index contributed by atoms with van der Waals surface area (Å²) in [5, 5.41) is -7.16. The van der Waals surface area contributed by atoms with Crippen molar-refractivity contribution in [1.82, 2.24) is 4.13 Å². The molecule has 1 N–H and O–H groups in total. The van der Waals surface area contributed by atoms with Gasteiger partial charge in [0, 0.05) is 0 Å². The Hall–Kier alpha value is -0.840. The van der Waals surface area contributed by atoms with Gasteiger partial charge in [-0.25, -0.2) is 16.8 Å². The SMILES string of the molecule is O=S(=O)(CCCCF)NS(=O)(=O)C(F)(F)C(F)(F)C(F)(F)C(F)(F)F. The molecule has 0 aromatic heterocycles. The second-order valence-electron chi connectivity index (χ2n) is 4.47. The van der Waals surface area contributed by atoms with Crippen molar-refractivity contribution >= 4 is 20.0 Å². The van der Waals surface area contributed by atoms with E-state index in [2.05, 4.69) is 0 Å². The fourth-order valence-corrected chi connectivity index (χ4v) is 4.32. The molecule has 0 spiro atoms. The first kappa shape index (κ1) is 24.2. The smallest absolute Gasteiger partial charge is 0.251 e. The van der Waals surface area contributed by atoms with Crippen LogP contribution in [0.15, 0.2) is 0 Å². The molecular formula is C8H9F10NO4S2. The lowest BCUT2D eigenvalue weighted by Crippen LogP contribution is -2.65. The van der Waals surface area contributed by atoms with Crippen LogP contribution in [0.4, 0.5) is 43.9 Å². The highest BCUT2D eigenvalue weighted by Crippen LogP contribution is 2.54. The third-order valence-corrected chi connectivity index (χ3v) is 6.14. The van der Waals surface area contributed by atoms with Crippen LogP contribution in [0.5, 0.6) is 0 Å². The highest BCUT2D eigenvalue weighted by atomic mass is 32.3. The lowest BCUT2D eigenvalue weighted by Gasteiger charge is -2.32. The predicted molar refractivity (Wildman–Crippen MR) is 61.9 cm³/mol. The van der Waals surface area contributed by atoms with Crippen molar-refractivity contribution < 1.29 is 60.7 Å². The number of hydrogen-bond donors (Lipinski definition) is 1. The summed E-state index contributed by atoms with van der Waals surface area (Å²) in [5.41, 5.74) is 0. The fourth-order valence-electron chi connectivity index (χ4n) is 1.18. The van der Waals surface area contributed by atoms with Crippen molar-refractivity contribution in [3.05, 3.63) is 0 Å². The third-order valence-electron chi connectivity index (χ3n) is 2.49. The zero-order valence-corrected chi connectivity index (χ0v) is 13.2. The van der Waals surface area contributed by atoms with Crippen molar-refractivity contribution in [2.24, 2.45) is 0 Å². The first-order valence-electron chi connectivity index (χ1n) is 5.79. The molecule has 0 saturated carbocycles. The molecule has 0 rings (SSSR count). The molecule has 0 atom stereocenters. The molecule has 0 aliphatic heterocycles. The number of nitrogens with one attached hydrogen (secondary N) is 1. The van der Waals surface area contributed by atoms with Gasteiger partial charge >= 0.3 is 23.3 Å². The first-order valence-corrected chi connectivity index (χ1v) is 8.92. The summed E-state index contributed by atoms with van der Waals surface area (Å²) in [6.07, 6.45) is -8.46. The highest BCUT2D eigenvalue weighted by Gasteiger charge is 2.85. The van der Waals surface area contributed by atoms with E-state index in [0.717, 1.165) is 0 Å². The van der Waals surface area contributed by atoms with Gasteiger partial charge in [-0.15, -0.1) is 4.13 Å². The van der Waals surface area contributed by atoms with Crippen LogP contribution in [0.1, 0.15) is 12.8 Å². The fraction of sp³-hybridized carbons (Fsp3) is 1.00. The molecule has 0 bridgehead atoms. The molecule has 0 aromatic carbocycles. The summed E-state index contributed by atoms with van der Waals surface area (Å²) in [4.78, 5) is 0. The zero-order chi connectivity index (χ0) is 20.5. The Morgan fingerprint density at radius 3 is 1.52 bits per heavy atom. The van der Waals surface area contributed by atoms with Crippen LogP contribution in [0.3, 0.4) is 0 Å². The molecule has 0 heterocycles. The maximum atomic E-state index is 13.2. The number of alkyl halides is 10. The van der Waals surface area contributed by atoms with Gasteiger partial charge < -0.3 is 0 Å². The largest absolute Gasteiger partial charge is 0.460 e. The van der Waals surface area contributed by atoms with E-state index in [1.165, 1.54) is 0 Å². The average molecular weight is 437 g/mol. The van der Waals surface area contributed by atoms with E-state index in [9.17, 15) is 60.7 Å². The molecular weight excluding hydrogens is 428 g/mol. The van der Waals surface area contributed by atoms with E-state index in [0.29, 0.717) is 0 Å². The number of hydrogen-bond acceptors (Lipinski definition) is 4. The van der Waals surface area contributed by atoms with E-state index in [-0.39, 0.29) is 4.13 Å². The minimum atomic E-state index is -7.54. The molecule has 0 saturated heterocycles. The molecule has 5 nitrogen and oxygen atoms in total. The molecule has 0 fully saturated rings. The molecule has 0 unspecified atom stereocenters. The Balaban J connectivity index is 5.84. The summed E-state index contributed by atoms with van der Waals surface area (Å²) in [5.74, 6) is -16.4. The van der Waals surface area contributed by atoms with Crippen LogP contribution in [-0.4, -0.2) is 52.5 Å². The quantitative estimate of drug-likeness (QED) is 0.444. The van der Waals surface area contributed by atoms with Crippen LogP contribution < -0.4 is 4.13 Å². The normalized spacial score (nSPS) is 15.4. The maximum Gasteiger partial charge on any atom is 0.460 e.